The number of anilines is 1. The molecule has 5 nitrogen and oxygen atoms in total. The van der Waals surface area contributed by atoms with Crippen molar-refractivity contribution in [2.75, 3.05) is 11.9 Å². The zero-order valence-corrected chi connectivity index (χ0v) is 13.9. The number of imide groups is 1. The van der Waals surface area contributed by atoms with Crippen LogP contribution in [0.25, 0.3) is 0 Å². The lowest BCUT2D eigenvalue weighted by Crippen LogP contribution is -2.38. The van der Waals surface area contributed by atoms with Gasteiger partial charge >= 0.3 is 0 Å². The van der Waals surface area contributed by atoms with Gasteiger partial charge in [-0.15, -0.1) is 0 Å². The number of nitrogens with one attached hydrogen (secondary N) is 1. The van der Waals surface area contributed by atoms with Crippen molar-refractivity contribution in [2.45, 2.75) is 25.7 Å². The lowest BCUT2D eigenvalue weighted by Gasteiger charge is -2.19. The first-order valence-electron chi connectivity index (χ1n) is 7.58. The van der Waals surface area contributed by atoms with Gasteiger partial charge in [-0.1, -0.05) is 42.1 Å². The molecule has 7 heteroatoms. The highest BCUT2D eigenvalue weighted by atomic mass is 35.5. The molecule has 2 aliphatic rings. The highest BCUT2D eigenvalue weighted by molar-refractivity contribution is 6.44. The Hall–Kier alpha value is -1.59. The molecule has 0 radical (unpaired) electrons. The van der Waals surface area contributed by atoms with Crippen LogP contribution in [0.5, 0.6) is 0 Å². The quantitative estimate of drug-likeness (QED) is 0.848. The van der Waals surface area contributed by atoms with Gasteiger partial charge in [0.2, 0.25) is 17.7 Å². The summed E-state index contributed by atoms with van der Waals surface area (Å²) in [4.78, 5) is 37.9. The second-order valence-electron chi connectivity index (χ2n) is 5.91. The fraction of sp³-hybridized carbons (Fsp3) is 0.438. The third-order valence-corrected chi connectivity index (χ3v) is 5.28. The van der Waals surface area contributed by atoms with Gasteiger partial charge in [-0.25, -0.2) is 0 Å². The van der Waals surface area contributed by atoms with E-state index in [1.165, 1.54) is 0 Å². The number of hydrogen-bond donors (Lipinski definition) is 1. The van der Waals surface area contributed by atoms with Gasteiger partial charge in [0.25, 0.3) is 0 Å². The van der Waals surface area contributed by atoms with Crippen LogP contribution in [0.4, 0.5) is 5.69 Å². The molecule has 3 rings (SSSR count). The summed E-state index contributed by atoms with van der Waals surface area (Å²) in [5, 5.41) is 3.15. The number of carbonyl (C=O) groups excluding carboxylic acids is 3. The van der Waals surface area contributed by atoms with Crippen molar-refractivity contribution < 1.29 is 14.4 Å². The van der Waals surface area contributed by atoms with Crippen molar-refractivity contribution in [3.05, 3.63) is 28.2 Å². The van der Waals surface area contributed by atoms with E-state index in [-0.39, 0.29) is 35.2 Å². The Kier molecular flexibility index (Phi) is 4.60. The van der Waals surface area contributed by atoms with Crippen LogP contribution in [0, 0.1) is 11.8 Å². The maximum Gasteiger partial charge on any atom is 0.244 e. The van der Waals surface area contributed by atoms with Gasteiger partial charge in [0.05, 0.1) is 27.6 Å². The first kappa shape index (κ1) is 16.3. The minimum Gasteiger partial charge on any atom is -0.323 e. The minimum absolute atomic E-state index is 0.230. The summed E-state index contributed by atoms with van der Waals surface area (Å²) in [6, 6.07) is 4.88. The second kappa shape index (κ2) is 6.49. The van der Waals surface area contributed by atoms with Gasteiger partial charge in [-0.05, 0) is 25.0 Å². The van der Waals surface area contributed by atoms with Gasteiger partial charge in [-0.2, -0.15) is 0 Å². The number of carbonyl (C=O) groups is 3. The molecule has 1 aliphatic heterocycles. The fourth-order valence-corrected chi connectivity index (χ4v) is 3.67. The summed E-state index contributed by atoms with van der Waals surface area (Å²) in [7, 11) is 0. The topological polar surface area (TPSA) is 66.5 Å². The zero-order chi connectivity index (χ0) is 16.6. The maximum absolute atomic E-state index is 12.3. The van der Waals surface area contributed by atoms with Crippen LogP contribution < -0.4 is 5.32 Å². The first-order valence-corrected chi connectivity index (χ1v) is 8.33. The van der Waals surface area contributed by atoms with E-state index in [0.29, 0.717) is 10.7 Å². The Labute approximate surface area is 143 Å². The largest absolute Gasteiger partial charge is 0.323 e. The predicted octanol–water partition coefficient (Wildman–Crippen LogP) is 3.11. The van der Waals surface area contributed by atoms with Crippen LogP contribution in [0.1, 0.15) is 25.7 Å². The summed E-state index contributed by atoms with van der Waals surface area (Å²) in [5.41, 5.74) is 0.362. The van der Waals surface area contributed by atoms with Crippen molar-refractivity contribution in [3.8, 4) is 0 Å². The molecule has 1 aliphatic carbocycles. The molecule has 2 atom stereocenters. The summed E-state index contributed by atoms with van der Waals surface area (Å²) >= 11 is 11.9. The summed E-state index contributed by atoms with van der Waals surface area (Å²) < 4.78 is 0. The van der Waals surface area contributed by atoms with Crippen molar-refractivity contribution in [1.82, 2.24) is 4.90 Å². The van der Waals surface area contributed by atoms with E-state index in [1.807, 2.05) is 0 Å². The van der Waals surface area contributed by atoms with E-state index in [4.69, 9.17) is 23.2 Å². The molecule has 2 fully saturated rings. The smallest absolute Gasteiger partial charge is 0.244 e. The van der Waals surface area contributed by atoms with Gasteiger partial charge in [0, 0.05) is 0 Å². The summed E-state index contributed by atoms with van der Waals surface area (Å²) in [5.74, 6) is -1.42. The van der Waals surface area contributed by atoms with Gasteiger partial charge in [0.15, 0.2) is 0 Å². The lowest BCUT2D eigenvalue weighted by atomic mass is 9.81. The SMILES string of the molecule is O=C(CN1C(=O)[C@H]2CCCC[C@H]2C1=O)Nc1cccc(Cl)c1Cl. The number of nitrogens with zero attached hydrogens (tertiary/aromatic N) is 1. The molecule has 0 bridgehead atoms. The van der Waals surface area contributed by atoms with Gasteiger partial charge in [0.1, 0.15) is 6.54 Å². The molecule has 1 aromatic rings. The molecule has 0 spiro atoms. The second-order valence-corrected chi connectivity index (χ2v) is 6.69. The average Bonchev–Trinajstić information content (AvgIpc) is 2.77. The molecule has 23 heavy (non-hydrogen) atoms. The van der Waals surface area contributed by atoms with Crippen molar-refractivity contribution in [3.63, 3.8) is 0 Å². The van der Waals surface area contributed by atoms with E-state index in [0.717, 1.165) is 30.6 Å². The van der Waals surface area contributed by atoms with Crippen LogP contribution >= 0.6 is 23.2 Å². The molecule has 0 unspecified atom stereocenters. The summed E-state index contributed by atoms with van der Waals surface area (Å²) in [6.07, 6.45) is 3.37. The van der Waals surface area contributed by atoms with Crippen LogP contribution in [0.15, 0.2) is 18.2 Å². The molecular weight excluding hydrogens is 339 g/mol. The number of amides is 3. The first-order chi connectivity index (χ1) is 11.0. The predicted molar refractivity (Wildman–Crippen MR) is 87.3 cm³/mol. The van der Waals surface area contributed by atoms with Gasteiger partial charge in [-0.3, -0.25) is 19.3 Å². The van der Waals surface area contributed by atoms with Crippen molar-refractivity contribution >= 4 is 46.6 Å². The molecule has 3 amide bonds. The Bertz CT molecular complexity index is 653. The number of hydrogen-bond acceptors (Lipinski definition) is 3. The fourth-order valence-electron chi connectivity index (χ4n) is 3.32. The molecule has 0 aromatic heterocycles. The number of rotatable bonds is 3. The number of likely N-dealkylation sites (tertiary alicyclic amines) is 1. The van der Waals surface area contributed by atoms with E-state index >= 15 is 0 Å². The highest BCUT2D eigenvalue weighted by Crippen LogP contribution is 2.38. The van der Waals surface area contributed by atoms with Crippen LogP contribution in [-0.4, -0.2) is 29.2 Å². The number of fused-ring (bicyclic) bond motifs is 1. The Morgan fingerprint density at radius 1 is 1.13 bits per heavy atom. The molecule has 1 aromatic carbocycles. The third-order valence-electron chi connectivity index (χ3n) is 4.46. The molecule has 122 valence electrons. The molecule has 1 saturated heterocycles. The van der Waals surface area contributed by atoms with Crippen LogP contribution in [-0.2, 0) is 14.4 Å². The van der Waals surface area contributed by atoms with E-state index in [1.54, 1.807) is 18.2 Å². The lowest BCUT2D eigenvalue weighted by molar-refractivity contribution is -0.142. The normalized spacial score (nSPS) is 23.8. The monoisotopic (exact) mass is 354 g/mol. The standard InChI is InChI=1S/C16H16Cl2N2O3/c17-11-6-3-7-12(14(11)18)19-13(21)8-20-15(22)9-4-1-2-5-10(9)16(20)23/h3,6-7,9-10H,1-2,4-5,8H2,(H,19,21)/t9-,10+. The van der Waals surface area contributed by atoms with E-state index < -0.39 is 5.91 Å². The summed E-state index contributed by atoms with van der Waals surface area (Å²) in [6.45, 7) is -0.284. The van der Waals surface area contributed by atoms with Crippen LogP contribution in [0.2, 0.25) is 10.0 Å². The van der Waals surface area contributed by atoms with Gasteiger partial charge < -0.3 is 5.32 Å². The van der Waals surface area contributed by atoms with E-state index in [9.17, 15) is 14.4 Å². The highest BCUT2D eigenvalue weighted by Gasteiger charge is 2.48. The van der Waals surface area contributed by atoms with Crippen LogP contribution in [0.3, 0.4) is 0 Å². The van der Waals surface area contributed by atoms with Crippen molar-refractivity contribution in [2.24, 2.45) is 11.8 Å². The number of benzene rings is 1. The minimum atomic E-state index is -0.463. The van der Waals surface area contributed by atoms with E-state index in [2.05, 4.69) is 5.32 Å². The zero-order valence-electron chi connectivity index (χ0n) is 12.4. The molecule has 1 heterocycles. The molecule has 1 N–H and O–H groups in total. The van der Waals surface area contributed by atoms with Crippen molar-refractivity contribution in [1.29, 1.82) is 0 Å². The molecular formula is C16H16Cl2N2O3. The Morgan fingerprint density at radius 2 is 1.74 bits per heavy atom. The average molecular weight is 355 g/mol. The molecule has 1 saturated carbocycles. The Balaban J connectivity index is 1.69. The number of halogens is 2. The maximum atomic E-state index is 12.3. The third kappa shape index (κ3) is 3.08. The Morgan fingerprint density at radius 3 is 2.35 bits per heavy atom.